The first-order chi connectivity index (χ1) is 13.2. The molecule has 27 heavy (non-hydrogen) atoms. The molecule has 0 saturated carbocycles. The summed E-state index contributed by atoms with van der Waals surface area (Å²) in [5.74, 6) is 1.08. The van der Waals surface area contributed by atoms with Crippen molar-refractivity contribution in [3.05, 3.63) is 65.1 Å². The van der Waals surface area contributed by atoms with Gasteiger partial charge in [-0.25, -0.2) is 4.98 Å². The van der Waals surface area contributed by atoms with Crippen molar-refractivity contribution in [2.24, 2.45) is 0 Å². The average molecular weight is 398 g/mol. The molecule has 0 bridgehead atoms. The lowest BCUT2D eigenvalue weighted by atomic mass is 9.94. The molecular weight excluding hydrogens is 370 g/mol. The van der Waals surface area contributed by atoms with E-state index in [0.717, 1.165) is 11.4 Å². The third kappa shape index (κ3) is 3.90. The predicted molar refractivity (Wildman–Crippen MR) is 121 cm³/mol. The molecule has 3 heterocycles. The van der Waals surface area contributed by atoms with Gasteiger partial charge in [-0.3, -0.25) is 0 Å². The highest BCUT2D eigenvalue weighted by atomic mass is 32.2. The van der Waals surface area contributed by atoms with Crippen LogP contribution in [-0.4, -0.2) is 22.0 Å². The van der Waals surface area contributed by atoms with Crippen LogP contribution in [0, 0.1) is 6.92 Å². The van der Waals surface area contributed by atoms with Gasteiger partial charge in [-0.1, -0.05) is 32.9 Å². The zero-order valence-corrected chi connectivity index (χ0v) is 18.2. The molecule has 3 aromatic rings. The summed E-state index contributed by atoms with van der Waals surface area (Å²) < 4.78 is 0. The zero-order chi connectivity index (χ0) is 19.4. The third-order valence-corrected chi connectivity index (χ3v) is 6.14. The van der Waals surface area contributed by atoms with E-state index in [1.807, 2.05) is 31.8 Å². The Balaban J connectivity index is 0.00000102. The number of fused-ring (bicyclic) bond motifs is 3. The van der Waals surface area contributed by atoms with Gasteiger partial charge in [0, 0.05) is 33.8 Å². The molecule has 3 nitrogen and oxygen atoms in total. The predicted octanol–water partition coefficient (Wildman–Crippen LogP) is 6.36. The number of hydrogen-bond acceptors (Lipinski definition) is 4. The molecule has 1 aliphatic heterocycles. The van der Waals surface area contributed by atoms with Gasteiger partial charge in [0.1, 0.15) is 11.0 Å². The van der Waals surface area contributed by atoms with Crippen molar-refractivity contribution in [3.63, 3.8) is 0 Å². The first-order valence-electron chi connectivity index (χ1n) is 9.42. The number of pyridine rings is 1. The van der Waals surface area contributed by atoms with Crippen molar-refractivity contribution in [1.82, 2.24) is 15.3 Å². The molecule has 1 atom stereocenters. The summed E-state index contributed by atoms with van der Waals surface area (Å²) in [6.45, 7) is 8.29. The Labute approximate surface area is 170 Å². The number of aryl methyl sites for hydroxylation is 1. The van der Waals surface area contributed by atoms with E-state index in [9.17, 15) is 0 Å². The standard InChI is InChI=1S/C20H21N3S2.C2H6/c1-4-25-14-7-5-6-13(9-14)16-11-22-20(24-3)18-17(16)15-8-12(2)10-21-19(15)23-18;1-2/h5-11,20,22H,4H2,1-3H3,(H,21,23);1-2H3. The summed E-state index contributed by atoms with van der Waals surface area (Å²) in [5, 5.41) is 4.96. The number of nitrogens with zero attached hydrogens (tertiary/aromatic N) is 1. The molecular formula is C22H27N3S2. The number of benzene rings is 1. The fraction of sp³-hybridized carbons (Fsp3) is 0.318. The molecule has 0 radical (unpaired) electrons. The number of aromatic amines is 1. The van der Waals surface area contributed by atoms with Gasteiger partial charge >= 0.3 is 0 Å². The molecule has 1 unspecified atom stereocenters. The lowest BCUT2D eigenvalue weighted by Crippen LogP contribution is -2.19. The Bertz CT molecular complexity index is 959. The summed E-state index contributed by atoms with van der Waals surface area (Å²) in [5.41, 5.74) is 7.12. The maximum Gasteiger partial charge on any atom is 0.138 e. The average Bonchev–Trinajstić information content (AvgIpc) is 3.08. The van der Waals surface area contributed by atoms with E-state index in [4.69, 9.17) is 0 Å². The van der Waals surface area contributed by atoms with Crippen molar-refractivity contribution >= 4 is 40.1 Å². The number of thioether (sulfide) groups is 2. The number of H-pyrrole nitrogens is 1. The van der Waals surface area contributed by atoms with E-state index >= 15 is 0 Å². The van der Waals surface area contributed by atoms with Crippen LogP contribution in [0.5, 0.6) is 0 Å². The van der Waals surface area contributed by atoms with Gasteiger partial charge in [0.15, 0.2) is 0 Å². The minimum atomic E-state index is 0.224. The van der Waals surface area contributed by atoms with Gasteiger partial charge < -0.3 is 10.3 Å². The molecule has 0 amide bonds. The molecule has 0 spiro atoms. The smallest absolute Gasteiger partial charge is 0.138 e. The highest BCUT2D eigenvalue weighted by molar-refractivity contribution is 7.99. The summed E-state index contributed by atoms with van der Waals surface area (Å²) in [6.07, 6.45) is 6.21. The van der Waals surface area contributed by atoms with Crippen molar-refractivity contribution in [3.8, 4) is 0 Å². The lowest BCUT2D eigenvalue weighted by Gasteiger charge is -2.23. The van der Waals surface area contributed by atoms with Crippen molar-refractivity contribution < 1.29 is 0 Å². The summed E-state index contributed by atoms with van der Waals surface area (Å²) in [6, 6.07) is 11.0. The summed E-state index contributed by atoms with van der Waals surface area (Å²) in [7, 11) is 0. The molecule has 2 N–H and O–H groups in total. The van der Waals surface area contributed by atoms with E-state index in [1.165, 1.54) is 38.2 Å². The van der Waals surface area contributed by atoms with Crippen LogP contribution in [0.15, 0.2) is 47.6 Å². The first-order valence-corrected chi connectivity index (χ1v) is 11.7. The maximum atomic E-state index is 4.61. The fourth-order valence-corrected chi connectivity index (χ4v) is 4.66. The van der Waals surface area contributed by atoms with E-state index in [2.05, 4.69) is 71.9 Å². The first kappa shape index (κ1) is 19.9. The highest BCUT2D eigenvalue weighted by Crippen LogP contribution is 2.41. The molecule has 0 fully saturated rings. The second kappa shape index (κ2) is 8.89. The van der Waals surface area contributed by atoms with Crippen LogP contribution >= 0.6 is 23.5 Å². The minimum absolute atomic E-state index is 0.224. The molecule has 0 saturated heterocycles. The van der Waals surface area contributed by atoms with Crippen LogP contribution in [0.4, 0.5) is 0 Å². The van der Waals surface area contributed by atoms with Gasteiger partial charge in [-0.05, 0) is 48.3 Å². The van der Waals surface area contributed by atoms with Crippen molar-refractivity contribution in [2.45, 2.75) is 38.0 Å². The minimum Gasteiger partial charge on any atom is -0.374 e. The number of nitrogens with one attached hydrogen (secondary N) is 2. The highest BCUT2D eigenvalue weighted by Gasteiger charge is 2.26. The largest absolute Gasteiger partial charge is 0.374 e. The van der Waals surface area contributed by atoms with Crippen LogP contribution in [0.2, 0.25) is 0 Å². The van der Waals surface area contributed by atoms with Crippen LogP contribution in [0.25, 0.3) is 16.6 Å². The topological polar surface area (TPSA) is 40.7 Å². The molecule has 142 valence electrons. The van der Waals surface area contributed by atoms with Crippen LogP contribution < -0.4 is 5.32 Å². The third-order valence-electron chi connectivity index (χ3n) is 4.42. The zero-order valence-electron chi connectivity index (χ0n) is 16.6. The normalized spacial score (nSPS) is 15.4. The molecule has 1 aromatic carbocycles. The molecule has 1 aliphatic rings. The molecule has 4 rings (SSSR count). The Morgan fingerprint density at radius 3 is 2.74 bits per heavy atom. The van der Waals surface area contributed by atoms with E-state index < -0.39 is 0 Å². The second-order valence-electron chi connectivity index (χ2n) is 6.12. The van der Waals surface area contributed by atoms with Crippen LogP contribution in [-0.2, 0) is 0 Å². The molecule has 0 aliphatic carbocycles. The Morgan fingerprint density at radius 1 is 1.19 bits per heavy atom. The monoisotopic (exact) mass is 397 g/mol. The maximum absolute atomic E-state index is 4.61. The number of rotatable bonds is 4. The fourth-order valence-electron chi connectivity index (χ4n) is 3.33. The van der Waals surface area contributed by atoms with Gasteiger partial charge in [0.2, 0.25) is 0 Å². The van der Waals surface area contributed by atoms with E-state index in [-0.39, 0.29) is 5.37 Å². The SMILES string of the molecule is CC.CCSc1cccc(C2=CNC(SC)c3[nH]c4ncc(C)cc4c32)c1. The van der Waals surface area contributed by atoms with Crippen LogP contribution in [0.3, 0.4) is 0 Å². The number of aromatic nitrogens is 2. The Hall–Kier alpha value is -1.85. The van der Waals surface area contributed by atoms with Gasteiger partial charge in [-0.2, -0.15) is 0 Å². The van der Waals surface area contributed by atoms with Gasteiger partial charge in [0.25, 0.3) is 0 Å². The van der Waals surface area contributed by atoms with Gasteiger partial charge in [0.05, 0.1) is 5.69 Å². The second-order valence-corrected chi connectivity index (χ2v) is 8.40. The van der Waals surface area contributed by atoms with E-state index in [0.29, 0.717) is 0 Å². The summed E-state index contributed by atoms with van der Waals surface area (Å²) >= 11 is 3.67. The Kier molecular flexibility index (Phi) is 6.55. The van der Waals surface area contributed by atoms with Crippen molar-refractivity contribution in [1.29, 1.82) is 0 Å². The Morgan fingerprint density at radius 2 is 2.00 bits per heavy atom. The quantitative estimate of drug-likeness (QED) is 0.502. The van der Waals surface area contributed by atoms with E-state index in [1.54, 1.807) is 11.8 Å². The molecule has 2 aromatic heterocycles. The lowest BCUT2D eigenvalue weighted by molar-refractivity contribution is 0.808. The van der Waals surface area contributed by atoms with Crippen molar-refractivity contribution in [2.75, 3.05) is 12.0 Å². The van der Waals surface area contributed by atoms with Crippen LogP contribution in [0.1, 0.15) is 48.5 Å². The van der Waals surface area contributed by atoms with Gasteiger partial charge in [-0.15, -0.1) is 23.5 Å². The number of hydrogen-bond donors (Lipinski definition) is 2. The summed E-state index contributed by atoms with van der Waals surface area (Å²) in [4.78, 5) is 9.46. The molecule has 5 heteroatoms.